The summed E-state index contributed by atoms with van der Waals surface area (Å²) >= 11 is 0. The summed E-state index contributed by atoms with van der Waals surface area (Å²) in [5, 5.41) is 21.9. The molecular weight excluding hydrogens is 1020 g/mol. The molecule has 21 atom stereocenters. The molecule has 0 heterocycles. The minimum Gasteiger partial charge on any atom is -0.393 e. The molecule has 20 nitrogen and oxygen atoms in total. The van der Waals surface area contributed by atoms with E-state index in [1.807, 2.05) is 6.92 Å². The molecule has 0 amide bonds. The monoisotopic (exact) mass is 1120 g/mol. The van der Waals surface area contributed by atoms with Gasteiger partial charge in [0.1, 0.15) is 5.78 Å². The molecule has 0 spiro atoms. The van der Waals surface area contributed by atoms with Gasteiger partial charge in [0.15, 0.2) is 0 Å². The van der Waals surface area contributed by atoms with Crippen molar-refractivity contribution in [1.29, 1.82) is 0 Å². The number of aliphatic hydroxyl groups excluding tert-OH is 1. The van der Waals surface area contributed by atoms with Crippen molar-refractivity contribution in [2.75, 3.05) is 79.1 Å². The number of aliphatic hydroxyl groups is 1. The van der Waals surface area contributed by atoms with E-state index >= 15 is 0 Å². The maximum atomic E-state index is 13.0. The predicted octanol–water partition coefficient (Wildman–Crippen LogP) is 11.4. The Morgan fingerprint density at radius 2 is 1.07 bits per heavy atom. The Hall–Kier alpha value is -2.80. The first-order valence-electron chi connectivity index (χ1n) is 31.6. The molecule has 8 rings (SSSR count). The molecule has 0 aromatic heterocycles. The summed E-state index contributed by atoms with van der Waals surface area (Å²) in [6.45, 7) is 20.3. The molecule has 0 aliphatic heterocycles. The Bertz CT molecular complexity index is 2100. The van der Waals surface area contributed by atoms with Crippen molar-refractivity contribution in [3.8, 4) is 0 Å². The highest BCUT2D eigenvalue weighted by molar-refractivity contribution is 5.79. The zero-order valence-electron chi connectivity index (χ0n) is 50.0. The SMILES string of the molecule is CC(=O)[C@H]1CC[C@H]2[C@@H]3[C@H](OCCCN=[N+]=[N-])C[C@@H]4C[C@H](OCCCN=[N+]=[N-])CC[C@]4(C)[C@H]3C[C@H](OCCCN=[N+]=[N-])[C@]12C.CC(O)[C@H]1CC[C@H]2[C@@H]3[C@H](OCCCN)C[C@@H]4C[C@H](CCOCN)CC[C@]4(C)[C@H]3C[C@H](OCCCN)[C@]12C. The van der Waals surface area contributed by atoms with Crippen molar-refractivity contribution in [1.82, 2.24) is 0 Å². The van der Waals surface area contributed by atoms with Crippen molar-refractivity contribution in [3.63, 3.8) is 0 Å². The van der Waals surface area contributed by atoms with Gasteiger partial charge in [-0.3, -0.25) is 4.79 Å². The van der Waals surface area contributed by atoms with Crippen LogP contribution in [0, 0.1) is 86.8 Å². The second-order valence-electron chi connectivity index (χ2n) is 26.8. The van der Waals surface area contributed by atoms with E-state index in [1.165, 1.54) is 25.7 Å². The number of fused-ring (bicyclic) bond motifs is 10. The van der Waals surface area contributed by atoms with Crippen LogP contribution in [0.15, 0.2) is 15.3 Å². The molecule has 0 aromatic rings. The summed E-state index contributed by atoms with van der Waals surface area (Å²) in [6.07, 6.45) is 20.4. The lowest BCUT2D eigenvalue weighted by Crippen LogP contribution is -2.63. The Morgan fingerprint density at radius 1 is 0.588 bits per heavy atom. The number of hydrogen-bond acceptors (Lipinski definition) is 14. The van der Waals surface area contributed by atoms with Crippen LogP contribution in [0.4, 0.5) is 0 Å². The van der Waals surface area contributed by atoms with Crippen molar-refractivity contribution < 1.29 is 38.3 Å². The third kappa shape index (κ3) is 14.1. The molecule has 1 unspecified atom stereocenters. The molecule has 0 saturated heterocycles. The lowest BCUT2D eigenvalue weighted by atomic mass is 9.42. The quantitative estimate of drug-likeness (QED) is 0.0179. The molecule has 8 aliphatic rings. The van der Waals surface area contributed by atoms with Crippen LogP contribution in [0.2, 0.25) is 0 Å². The first-order chi connectivity index (χ1) is 38.6. The molecular formula is C60H106N12O8. The van der Waals surface area contributed by atoms with Gasteiger partial charge in [0.2, 0.25) is 0 Å². The van der Waals surface area contributed by atoms with Crippen LogP contribution in [-0.4, -0.2) is 127 Å². The second-order valence-corrected chi connectivity index (χ2v) is 26.8. The minimum atomic E-state index is -0.318. The highest BCUT2D eigenvalue weighted by Crippen LogP contribution is 2.71. The van der Waals surface area contributed by atoms with E-state index in [0.29, 0.717) is 137 Å². The standard InChI is InChI=1S/C30H49N9O4.C30H57N3O4/c1-20(40)23-7-8-24-28-25(19-27(30(23,24)3)43-16-6-13-36-39-33)29(2)10-9-22(41-14-4-11-34-37-31)17-21(29)18-26(28)42-15-5-12-35-38-32;1-20(34)23-6-7-24-28-25(18-27(30(23,24)3)37-14-5-12-32)29(2)10-8-21(9-15-35-19-33)16-22(29)17-26(28)36-13-4-11-31/h21-28H,4-19H2,1-3H3;20-28,34H,4-19,31-33H2,1-3H3/t21-,22+,23+,24-,25-,26+,27-,28-,29-,30+;20?,21-,22-,23+,24-,25-,26+,27-,28-,29-,30+/m00/s1. The average molecular weight is 1120 g/mol. The number of nitrogens with zero attached hydrogens (tertiary/aromatic N) is 9. The second kappa shape index (κ2) is 30.3. The molecule has 20 heteroatoms. The van der Waals surface area contributed by atoms with Crippen LogP contribution in [0.5, 0.6) is 0 Å². The van der Waals surface area contributed by atoms with Crippen molar-refractivity contribution in [3.05, 3.63) is 31.3 Å². The van der Waals surface area contributed by atoms with Crippen LogP contribution in [0.1, 0.15) is 170 Å². The number of ether oxygens (including phenoxy) is 6. The molecule has 0 aromatic carbocycles. The first-order valence-corrected chi connectivity index (χ1v) is 31.6. The summed E-state index contributed by atoms with van der Waals surface area (Å²) in [4.78, 5) is 21.6. The third-order valence-corrected chi connectivity index (χ3v) is 23.2. The number of hydrogen-bond donors (Lipinski definition) is 4. The number of rotatable bonds is 29. The van der Waals surface area contributed by atoms with Crippen molar-refractivity contribution in [2.24, 2.45) is 119 Å². The highest BCUT2D eigenvalue weighted by atomic mass is 16.5. The van der Waals surface area contributed by atoms with E-state index in [2.05, 4.69) is 57.8 Å². The van der Waals surface area contributed by atoms with Crippen LogP contribution < -0.4 is 17.2 Å². The summed E-state index contributed by atoms with van der Waals surface area (Å²) in [6, 6.07) is 0. The lowest BCUT2D eigenvalue weighted by molar-refractivity contribution is -0.226. The Morgan fingerprint density at radius 3 is 1.61 bits per heavy atom. The number of ketones is 1. The number of azide groups is 3. The van der Waals surface area contributed by atoms with Gasteiger partial charge >= 0.3 is 0 Å². The van der Waals surface area contributed by atoms with Crippen LogP contribution in [0.25, 0.3) is 31.3 Å². The fraction of sp³-hybridized carbons (Fsp3) is 0.983. The first kappa shape index (κ1) is 64.8. The van der Waals surface area contributed by atoms with E-state index in [0.717, 1.165) is 103 Å². The van der Waals surface area contributed by atoms with E-state index < -0.39 is 0 Å². The van der Waals surface area contributed by atoms with Gasteiger partial charge in [-0.1, -0.05) is 43.0 Å². The van der Waals surface area contributed by atoms with E-state index in [1.54, 1.807) is 6.92 Å². The zero-order valence-corrected chi connectivity index (χ0v) is 50.0. The van der Waals surface area contributed by atoms with Crippen LogP contribution >= 0.6 is 0 Å². The van der Waals surface area contributed by atoms with Gasteiger partial charge in [-0.2, -0.15) is 0 Å². The average Bonchev–Trinajstić information content (AvgIpc) is 4.06. The highest BCUT2D eigenvalue weighted by Gasteiger charge is 2.69. The number of carbonyl (C=O) groups is 1. The molecule has 454 valence electrons. The van der Waals surface area contributed by atoms with Gasteiger partial charge in [-0.05, 0) is 242 Å². The topological polar surface area (TPSA) is 317 Å². The van der Waals surface area contributed by atoms with Gasteiger partial charge in [-0.15, -0.1) is 0 Å². The Labute approximate surface area is 478 Å². The van der Waals surface area contributed by atoms with Gasteiger partial charge in [0, 0.05) is 90.8 Å². The Balaban J connectivity index is 0.000000234. The Kier molecular flexibility index (Phi) is 24.5. The van der Waals surface area contributed by atoms with Gasteiger partial charge in [0.25, 0.3) is 0 Å². The molecule has 8 aliphatic carbocycles. The molecule has 0 bridgehead atoms. The van der Waals surface area contributed by atoms with Crippen molar-refractivity contribution >= 4 is 5.78 Å². The summed E-state index contributed by atoms with van der Waals surface area (Å²) in [5.74, 6) is 4.97. The van der Waals surface area contributed by atoms with Gasteiger partial charge < -0.3 is 50.7 Å². The molecule has 80 heavy (non-hydrogen) atoms. The smallest absolute Gasteiger partial charge is 0.133 e. The maximum absolute atomic E-state index is 13.0. The molecule has 7 N–H and O–H groups in total. The van der Waals surface area contributed by atoms with Crippen LogP contribution in [-0.2, 0) is 33.2 Å². The van der Waals surface area contributed by atoms with E-state index in [-0.39, 0.29) is 70.5 Å². The van der Waals surface area contributed by atoms with E-state index in [4.69, 9.17) is 62.2 Å². The van der Waals surface area contributed by atoms with Gasteiger partial charge in [-0.25, -0.2) is 0 Å². The number of Topliss-reactive ketones (excluding diaryl/α,β-unsaturated/α-hetero) is 1. The molecule has 8 saturated carbocycles. The fourth-order valence-corrected chi connectivity index (χ4v) is 19.3. The van der Waals surface area contributed by atoms with Crippen molar-refractivity contribution in [2.45, 2.75) is 207 Å². The molecule has 0 radical (unpaired) electrons. The summed E-state index contributed by atoms with van der Waals surface area (Å²) in [5.41, 5.74) is 43.4. The predicted molar refractivity (Wildman–Crippen MR) is 309 cm³/mol. The van der Waals surface area contributed by atoms with E-state index in [9.17, 15) is 9.90 Å². The lowest BCUT2D eigenvalue weighted by Gasteiger charge is -2.64. The normalized spacial score (nSPS) is 40.8. The largest absolute Gasteiger partial charge is 0.393 e. The minimum absolute atomic E-state index is 0.0284. The van der Waals surface area contributed by atoms with Crippen LogP contribution in [0.3, 0.4) is 0 Å². The fourth-order valence-electron chi connectivity index (χ4n) is 19.3. The third-order valence-electron chi connectivity index (χ3n) is 23.2. The zero-order chi connectivity index (χ0) is 57.5. The molecule has 8 fully saturated rings. The van der Waals surface area contributed by atoms with Gasteiger partial charge in [0.05, 0.1) is 43.4 Å². The summed E-state index contributed by atoms with van der Waals surface area (Å²) in [7, 11) is 0. The number of carbonyl (C=O) groups excluding carboxylic acids is 1. The number of nitrogens with two attached hydrogens (primary N) is 3. The summed E-state index contributed by atoms with van der Waals surface area (Å²) < 4.78 is 38.7. The maximum Gasteiger partial charge on any atom is 0.133 e.